The Hall–Kier alpha value is -0.330. The molecule has 0 N–H and O–H groups in total. The molecule has 1 heteroatoms. The molecule has 15 heavy (non-hydrogen) atoms. The number of hydrogen-bond donors (Lipinski definition) is 0. The van der Waals surface area contributed by atoms with Gasteiger partial charge in [-0.05, 0) is 42.4 Å². The third-order valence-corrected chi connectivity index (χ3v) is 6.27. The SMILES string of the molecule is CC1CC[C@]23CCC[C@@]12C(=O)CC3(C)C. The van der Waals surface area contributed by atoms with Crippen molar-refractivity contribution >= 4 is 5.78 Å². The molecule has 3 atom stereocenters. The van der Waals surface area contributed by atoms with Crippen LogP contribution in [0.1, 0.15) is 59.3 Å². The average Bonchev–Trinajstić information content (AvgIpc) is 2.68. The van der Waals surface area contributed by atoms with E-state index in [1.165, 1.54) is 32.1 Å². The van der Waals surface area contributed by atoms with Crippen LogP contribution in [-0.4, -0.2) is 5.78 Å². The van der Waals surface area contributed by atoms with Crippen LogP contribution in [0, 0.1) is 22.2 Å². The van der Waals surface area contributed by atoms with Crippen molar-refractivity contribution in [3.8, 4) is 0 Å². The lowest BCUT2D eigenvalue weighted by Crippen LogP contribution is -2.41. The fourth-order valence-corrected chi connectivity index (χ4v) is 5.60. The highest BCUT2D eigenvalue weighted by molar-refractivity contribution is 5.90. The summed E-state index contributed by atoms with van der Waals surface area (Å²) in [5.41, 5.74) is 0.762. The molecule has 3 saturated carbocycles. The van der Waals surface area contributed by atoms with Gasteiger partial charge in [-0.1, -0.05) is 27.2 Å². The second kappa shape index (κ2) is 2.49. The van der Waals surface area contributed by atoms with Crippen molar-refractivity contribution in [3.63, 3.8) is 0 Å². The van der Waals surface area contributed by atoms with Gasteiger partial charge in [0.15, 0.2) is 0 Å². The fraction of sp³-hybridized carbons (Fsp3) is 0.929. The Bertz CT molecular complexity index is 330. The van der Waals surface area contributed by atoms with Crippen LogP contribution in [0.25, 0.3) is 0 Å². The Kier molecular flexibility index (Phi) is 1.64. The summed E-state index contributed by atoms with van der Waals surface area (Å²) in [5.74, 6) is 1.25. The minimum atomic E-state index is 0.108. The van der Waals surface area contributed by atoms with Gasteiger partial charge in [0.25, 0.3) is 0 Å². The Labute approximate surface area is 92.6 Å². The van der Waals surface area contributed by atoms with Crippen molar-refractivity contribution in [2.24, 2.45) is 22.2 Å². The van der Waals surface area contributed by atoms with Crippen LogP contribution in [-0.2, 0) is 4.79 Å². The molecule has 3 aliphatic rings. The fourth-order valence-electron chi connectivity index (χ4n) is 5.60. The number of rotatable bonds is 0. The van der Waals surface area contributed by atoms with E-state index < -0.39 is 0 Å². The monoisotopic (exact) mass is 206 g/mol. The molecule has 0 aromatic carbocycles. The molecular weight excluding hydrogens is 184 g/mol. The van der Waals surface area contributed by atoms with Gasteiger partial charge in [-0.2, -0.15) is 0 Å². The summed E-state index contributed by atoms with van der Waals surface area (Å²) in [6, 6.07) is 0. The first-order valence-corrected chi connectivity index (χ1v) is 6.50. The molecule has 0 amide bonds. The minimum absolute atomic E-state index is 0.108. The molecule has 3 fully saturated rings. The maximum Gasteiger partial charge on any atom is 0.140 e. The van der Waals surface area contributed by atoms with E-state index in [4.69, 9.17) is 0 Å². The molecule has 1 nitrogen and oxygen atoms in total. The Morgan fingerprint density at radius 1 is 1.20 bits per heavy atom. The van der Waals surface area contributed by atoms with E-state index in [0.29, 0.717) is 17.1 Å². The first-order chi connectivity index (χ1) is 6.96. The summed E-state index contributed by atoms with van der Waals surface area (Å²) in [6.07, 6.45) is 7.24. The molecule has 0 aromatic heterocycles. The van der Waals surface area contributed by atoms with Crippen molar-refractivity contribution in [1.82, 2.24) is 0 Å². The first kappa shape index (κ1) is 9.86. The number of Topliss-reactive ketones (excluding diaryl/α,β-unsaturated/α-hetero) is 1. The van der Waals surface area contributed by atoms with Crippen LogP contribution in [0.5, 0.6) is 0 Å². The molecule has 0 saturated heterocycles. The normalized spacial score (nSPS) is 51.9. The van der Waals surface area contributed by atoms with E-state index in [9.17, 15) is 4.79 Å². The molecule has 0 bridgehead atoms. The molecule has 0 heterocycles. The highest BCUT2D eigenvalue weighted by Gasteiger charge is 2.73. The van der Waals surface area contributed by atoms with Gasteiger partial charge < -0.3 is 0 Å². The van der Waals surface area contributed by atoms with Gasteiger partial charge >= 0.3 is 0 Å². The minimum Gasteiger partial charge on any atom is -0.299 e. The lowest BCUT2D eigenvalue weighted by molar-refractivity contribution is -0.129. The summed E-state index contributed by atoms with van der Waals surface area (Å²) >= 11 is 0. The molecule has 1 unspecified atom stereocenters. The zero-order valence-corrected chi connectivity index (χ0v) is 10.2. The first-order valence-electron chi connectivity index (χ1n) is 6.50. The predicted octanol–water partition coefficient (Wildman–Crippen LogP) is 3.57. The maximum absolute atomic E-state index is 12.5. The average molecular weight is 206 g/mol. The van der Waals surface area contributed by atoms with Gasteiger partial charge in [0.05, 0.1) is 0 Å². The third-order valence-electron chi connectivity index (χ3n) is 6.27. The zero-order chi connectivity index (χ0) is 10.9. The summed E-state index contributed by atoms with van der Waals surface area (Å²) < 4.78 is 0. The van der Waals surface area contributed by atoms with Gasteiger partial charge in [0.1, 0.15) is 5.78 Å². The number of carbonyl (C=O) groups excluding carboxylic acids is 1. The van der Waals surface area contributed by atoms with Crippen molar-refractivity contribution < 1.29 is 4.79 Å². The summed E-state index contributed by atoms with van der Waals surface area (Å²) in [7, 11) is 0. The van der Waals surface area contributed by atoms with Gasteiger partial charge in [0, 0.05) is 11.8 Å². The molecule has 0 radical (unpaired) electrons. The predicted molar refractivity (Wildman–Crippen MR) is 60.5 cm³/mol. The summed E-state index contributed by atoms with van der Waals surface area (Å²) in [5, 5.41) is 0. The van der Waals surface area contributed by atoms with E-state index >= 15 is 0 Å². The maximum atomic E-state index is 12.5. The molecule has 3 rings (SSSR count). The highest BCUT2D eigenvalue weighted by Crippen LogP contribution is 2.77. The van der Waals surface area contributed by atoms with Crippen molar-refractivity contribution in [1.29, 1.82) is 0 Å². The largest absolute Gasteiger partial charge is 0.299 e. The van der Waals surface area contributed by atoms with Gasteiger partial charge in [0.2, 0.25) is 0 Å². The van der Waals surface area contributed by atoms with E-state index in [-0.39, 0.29) is 10.8 Å². The number of carbonyl (C=O) groups is 1. The van der Waals surface area contributed by atoms with Crippen LogP contribution in [0.2, 0.25) is 0 Å². The molecule has 84 valence electrons. The van der Waals surface area contributed by atoms with E-state index in [1.54, 1.807) is 0 Å². The molecule has 3 aliphatic carbocycles. The van der Waals surface area contributed by atoms with Crippen LogP contribution in [0.3, 0.4) is 0 Å². The molecule has 0 aromatic rings. The van der Waals surface area contributed by atoms with E-state index in [1.807, 2.05) is 0 Å². The van der Waals surface area contributed by atoms with E-state index in [2.05, 4.69) is 20.8 Å². The lowest BCUT2D eigenvalue weighted by atomic mass is 9.59. The topological polar surface area (TPSA) is 17.1 Å². The number of hydrogen-bond acceptors (Lipinski definition) is 1. The summed E-state index contributed by atoms with van der Waals surface area (Å²) in [4.78, 5) is 12.5. The van der Waals surface area contributed by atoms with Crippen LogP contribution in [0.15, 0.2) is 0 Å². The van der Waals surface area contributed by atoms with Gasteiger partial charge in [-0.3, -0.25) is 4.79 Å². The van der Waals surface area contributed by atoms with Gasteiger partial charge in [-0.25, -0.2) is 0 Å². The molecular formula is C14H22O. The Morgan fingerprint density at radius 2 is 1.93 bits per heavy atom. The standard InChI is InChI=1S/C14H22O/c1-10-5-8-13-6-4-7-14(10,13)11(15)9-12(13,2)3/h10H,4-9H2,1-3H3/t10?,13-,14-/m0/s1. The van der Waals surface area contributed by atoms with Crippen LogP contribution >= 0.6 is 0 Å². The van der Waals surface area contributed by atoms with Crippen LogP contribution < -0.4 is 0 Å². The van der Waals surface area contributed by atoms with Crippen molar-refractivity contribution in [2.75, 3.05) is 0 Å². The smallest absolute Gasteiger partial charge is 0.140 e. The third kappa shape index (κ3) is 0.786. The van der Waals surface area contributed by atoms with Gasteiger partial charge in [-0.15, -0.1) is 0 Å². The van der Waals surface area contributed by atoms with Crippen molar-refractivity contribution in [2.45, 2.75) is 59.3 Å². The lowest BCUT2D eigenvalue weighted by Gasteiger charge is -2.43. The molecule has 0 aliphatic heterocycles. The second-order valence-corrected chi connectivity index (χ2v) is 6.83. The molecule has 0 spiro atoms. The quantitative estimate of drug-likeness (QED) is 0.592. The van der Waals surface area contributed by atoms with Crippen molar-refractivity contribution in [3.05, 3.63) is 0 Å². The van der Waals surface area contributed by atoms with E-state index in [0.717, 1.165) is 6.42 Å². The Morgan fingerprint density at radius 3 is 2.60 bits per heavy atom. The Balaban J connectivity index is 2.21. The second-order valence-electron chi connectivity index (χ2n) is 6.83. The zero-order valence-electron chi connectivity index (χ0n) is 10.2. The number of ketones is 1. The summed E-state index contributed by atoms with van der Waals surface area (Å²) in [6.45, 7) is 7.01. The highest BCUT2D eigenvalue weighted by atomic mass is 16.1. The van der Waals surface area contributed by atoms with Crippen LogP contribution in [0.4, 0.5) is 0 Å².